The molecule has 12 nitrogen and oxygen atoms in total. The number of ketones is 1. The minimum Gasteiger partial charge on any atom is -0.480 e. The SMILES string of the molecule is CC(=O)C(CC(C)C)N[C@@H](Cc1cncn1Cc1cc(Cl)cc(Cl)c1)C(=O)O.CC(C)CC(N[C@@H](Cc1csc(-c2ccccc2)n1)C(=O)O)C(=O)O. The summed E-state index contributed by atoms with van der Waals surface area (Å²) in [6.07, 6.45) is 4.56. The van der Waals surface area contributed by atoms with Gasteiger partial charge in [-0.3, -0.25) is 29.8 Å². The fraction of sp³-hybridized carbons (Fsp3) is 0.421. The molecule has 2 heterocycles. The summed E-state index contributed by atoms with van der Waals surface area (Å²) < 4.78 is 1.85. The van der Waals surface area contributed by atoms with E-state index < -0.39 is 42.1 Å². The van der Waals surface area contributed by atoms with Gasteiger partial charge in [0.15, 0.2) is 0 Å². The third-order valence-electron chi connectivity index (χ3n) is 8.08. The number of Topliss-reactive ketones (excluding diaryl/α,β-unsaturated/α-hetero) is 1. The van der Waals surface area contributed by atoms with E-state index in [1.807, 2.05) is 68.0 Å². The summed E-state index contributed by atoms with van der Waals surface area (Å²) in [7, 11) is 0. The highest BCUT2D eigenvalue weighted by atomic mass is 35.5. The number of imidazole rings is 1. The number of aliphatic carboxylic acids is 3. The van der Waals surface area contributed by atoms with Gasteiger partial charge in [0.05, 0.1) is 18.1 Å². The lowest BCUT2D eigenvalue weighted by atomic mass is 9.99. The van der Waals surface area contributed by atoms with Crippen molar-refractivity contribution in [1.82, 2.24) is 25.2 Å². The van der Waals surface area contributed by atoms with Crippen LogP contribution in [0.3, 0.4) is 0 Å². The number of aromatic nitrogens is 3. The molecule has 53 heavy (non-hydrogen) atoms. The third-order valence-corrected chi connectivity index (χ3v) is 9.45. The van der Waals surface area contributed by atoms with Gasteiger partial charge in [0.1, 0.15) is 28.9 Å². The minimum absolute atomic E-state index is 0.0676. The third kappa shape index (κ3) is 14.7. The summed E-state index contributed by atoms with van der Waals surface area (Å²) in [4.78, 5) is 55.2. The van der Waals surface area contributed by atoms with Gasteiger partial charge in [-0.2, -0.15) is 0 Å². The van der Waals surface area contributed by atoms with Crippen LogP contribution in [0.4, 0.5) is 0 Å². The average Bonchev–Trinajstić information content (AvgIpc) is 3.72. The van der Waals surface area contributed by atoms with E-state index in [1.165, 1.54) is 18.3 Å². The molecule has 0 saturated carbocycles. The number of carboxylic acid groups (broad SMARTS) is 3. The van der Waals surface area contributed by atoms with Crippen molar-refractivity contribution in [2.75, 3.05) is 0 Å². The first-order chi connectivity index (χ1) is 25.0. The van der Waals surface area contributed by atoms with Gasteiger partial charge < -0.3 is 19.9 Å². The largest absolute Gasteiger partial charge is 0.480 e. The highest BCUT2D eigenvalue weighted by Crippen LogP contribution is 2.24. The number of halogens is 2. The second kappa shape index (κ2) is 20.9. The number of benzene rings is 2. The van der Waals surface area contributed by atoms with Gasteiger partial charge >= 0.3 is 17.9 Å². The molecule has 5 N–H and O–H groups in total. The molecule has 0 amide bonds. The molecule has 0 saturated heterocycles. The lowest BCUT2D eigenvalue weighted by Gasteiger charge is -2.23. The highest BCUT2D eigenvalue weighted by molar-refractivity contribution is 7.13. The topological polar surface area (TPSA) is 184 Å². The molecule has 286 valence electrons. The lowest BCUT2D eigenvalue weighted by Crippen LogP contribution is -2.48. The van der Waals surface area contributed by atoms with Crippen LogP contribution >= 0.6 is 34.5 Å². The second-order valence-electron chi connectivity index (χ2n) is 13.6. The van der Waals surface area contributed by atoms with E-state index in [4.69, 9.17) is 23.2 Å². The quantitative estimate of drug-likeness (QED) is 0.0680. The Morgan fingerprint density at radius 3 is 1.89 bits per heavy atom. The maximum atomic E-state index is 11.9. The fourth-order valence-electron chi connectivity index (χ4n) is 5.55. The van der Waals surface area contributed by atoms with Crippen LogP contribution in [-0.4, -0.2) is 77.7 Å². The van der Waals surface area contributed by atoms with Crippen molar-refractivity contribution >= 4 is 58.2 Å². The Labute approximate surface area is 323 Å². The van der Waals surface area contributed by atoms with Crippen LogP contribution in [0.2, 0.25) is 10.0 Å². The summed E-state index contributed by atoms with van der Waals surface area (Å²) >= 11 is 13.6. The van der Waals surface area contributed by atoms with Crippen LogP contribution in [0, 0.1) is 11.8 Å². The summed E-state index contributed by atoms with van der Waals surface area (Å²) in [5.74, 6) is -2.77. The Kier molecular flexibility index (Phi) is 17.1. The van der Waals surface area contributed by atoms with Crippen molar-refractivity contribution < 1.29 is 34.5 Å². The monoisotopic (exact) mass is 787 g/mol. The Balaban J connectivity index is 0.000000287. The molecule has 0 aliphatic carbocycles. The highest BCUT2D eigenvalue weighted by Gasteiger charge is 2.28. The summed E-state index contributed by atoms with van der Waals surface area (Å²) in [6.45, 7) is 9.74. The Morgan fingerprint density at radius 1 is 0.792 bits per heavy atom. The first kappa shape index (κ1) is 43.3. The predicted octanol–water partition coefficient (Wildman–Crippen LogP) is 6.72. The van der Waals surface area contributed by atoms with Crippen LogP contribution in [-0.2, 0) is 38.6 Å². The molecule has 2 aromatic carbocycles. The van der Waals surface area contributed by atoms with Crippen LogP contribution < -0.4 is 10.6 Å². The van der Waals surface area contributed by atoms with Crippen LogP contribution in [0.5, 0.6) is 0 Å². The Bertz CT molecular complexity index is 1790. The minimum atomic E-state index is -1.08. The standard InChI is InChI=1S/C20H25Cl2N3O3.C18H22N2O4S/c1-12(2)4-18(13(3)26)24-19(20(27)28)8-17-9-23-11-25(17)10-14-5-15(21)7-16(22)6-14;1-11(2)8-14(17(21)22)20-15(18(23)24)9-13-10-25-16(19-13)12-6-4-3-5-7-12/h5-7,9,11-12,18-19,24H,4,8,10H2,1-3H3,(H,27,28);3-7,10-11,14-15,20H,8-9H2,1-2H3,(H,21,22)(H,23,24)/t18?,19-;14?,15-/m00/s1. The molecular formula is C38H47Cl2N5O7S. The number of thiazole rings is 1. The zero-order valence-electron chi connectivity index (χ0n) is 30.3. The van der Waals surface area contributed by atoms with E-state index >= 15 is 0 Å². The number of hydrogen-bond donors (Lipinski definition) is 5. The van der Waals surface area contributed by atoms with Crippen molar-refractivity contribution in [1.29, 1.82) is 0 Å². The summed E-state index contributed by atoms with van der Waals surface area (Å²) in [5, 5.41) is 37.8. The van der Waals surface area contributed by atoms with Gasteiger partial charge in [-0.05, 0) is 55.4 Å². The zero-order valence-corrected chi connectivity index (χ0v) is 32.7. The number of carbonyl (C=O) groups excluding carboxylic acids is 1. The molecule has 2 unspecified atom stereocenters. The number of hydrogen-bond acceptors (Lipinski definition) is 9. The van der Waals surface area contributed by atoms with Crippen LogP contribution in [0.15, 0.2) is 66.4 Å². The van der Waals surface area contributed by atoms with Crippen molar-refractivity contribution in [2.45, 2.75) is 91.0 Å². The molecular weight excluding hydrogens is 741 g/mol. The molecule has 4 aromatic rings. The number of carbonyl (C=O) groups is 4. The normalized spacial score (nSPS) is 13.5. The van der Waals surface area contributed by atoms with Gasteiger partial charge in [-0.15, -0.1) is 11.3 Å². The van der Waals surface area contributed by atoms with E-state index in [0.717, 1.165) is 21.8 Å². The lowest BCUT2D eigenvalue weighted by molar-refractivity contribution is -0.143. The zero-order chi connectivity index (χ0) is 39.2. The van der Waals surface area contributed by atoms with Crippen molar-refractivity contribution in [3.05, 3.63) is 93.4 Å². The van der Waals surface area contributed by atoms with Gasteiger partial charge in [0.2, 0.25) is 0 Å². The Hall–Kier alpha value is -4.14. The van der Waals surface area contributed by atoms with E-state index in [0.29, 0.717) is 35.1 Å². The molecule has 0 radical (unpaired) electrons. The maximum Gasteiger partial charge on any atom is 0.321 e. The fourth-order valence-corrected chi connectivity index (χ4v) is 6.96. The molecule has 4 rings (SSSR count). The van der Waals surface area contributed by atoms with Gasteiger partial charge in [-0.25, -0.2) is 9.97 Å². The van der Waals surface area contributed by atoms with E-state index in [-0.39, 0.29) is 30.5 Å². The van der Waals surface area contributed by atoms with Gasteiger partial charge in [-0.1, -0.05) is 81.2 Å². The van der Waals surface area contributed by atoms with E-state index in [2.05, 4.69) is 20.6 Å². The smallest absolute Gasteiger partial charge is 0.321 e. The Morgan fingerprint density at radius 2 is 1.34 bits per heavy atom. The van der Waals surface area contributed by atoms with Crippen molar-refractivity contribution in [3.8, 4) is 10.6 Å². The molecule has 0 spiro atoms. The van der Waals surface area contributed by atoms with Crippen LogP contribution in [0.1, 0.15) is 64.4 Å². The second-order valence-corrected chi connectivity index (χ2v) is 15.4. The first-order valence-corrected chi connectivity index (χ1v) is 18.8. The maximum absolute atomic E-state index is 11.9. The van der Waals surface area contributed by atoms with Crippen molar-refractivity contribution in [3.63, 3.8) is 0 Å². The molecule has 4 atom stereocenters. The molecule has 15 heteroatoms. The first-order valence-electron chi connectivity index (χ1n) is 17.2. The number of nitrogens with zero attached hydrogens (tertiary/aromatic N) is 3. The van der Waals surface area contributed by atoms with Crippen LogP contribution in [0.25, 0.3) is 10.6 Å². The molecule has 0 bridgehead atoms. The summed E-state index contributed by atoms with van der Waals surface area (Å²) in [6, 6.07) is 11.6. The van der Waals surface area contributed by atoms with E-state index in [1.54, 1.807) is 30.7 Å². The predicted molar refractivity (Wildman–Crippen MR) is 207 cm³/mol. The van der Waals surface area contributed by atoms with Gasteiger partial charge in [0, 0.05) is 52.3 Å². The molecule has 0 aliphatic rings. The molecule has 0 fully saturated rings. The molecule has 0 aliphatic heterocycles. The number of nitrogens with one attached hydrogen (secondary N) is 2. The van der Waals surface area contributed by atoms with Gasteiger partial charge in [0.25, 0.3) is 0 Å². The summed E-state index contributed by atoms with van der Waals surface area (Å²) in [5.41, 5.74) is 3.24. The number of rotatable bonds is 19. The van der Waals surface area contributed by atoms with E-state index in [9.17, 15) is 34.5 Å². The number of carboxylic acids is 3. The molecule has 2 aromatic heterocycles. The van der Waals surface area contributed by atoms with Crippen molar-refractivity contribution in [2.24, 2.45) is 11.8 Å². The average molecular weight is 789 g/mol.